The fourth-order valence-electron chi connectivity index (χ4n) is 1.28. The van der Waals surface area contributed by atoms with E-state index in [1.807, 2.05) is 0 Å². The number of rotatable bonds is 5. The van der Waals surface area contributed by atoms with Crippen LogP contribution in [0.3, 0.4) is 0 Å². The van der Waals surface area contributed by atoms with E-state index in [1.165, 1.54) is 32.4 Å². The first-order valence-corrected chi connectivity index (χ1v) is 4.99. The molecule has 0 bridgehead atoms. The van der Waals surface area contributed by atoms with E-state index in [2.05, 4.69) is 5.32 Å². The highest BCUT2D eigenvalue weighted by molar-refractivity contribution is 5.94. The van der Waals surface area contributed by atoms with E-state index in [0.29, 0.717) is 5.69 Å². The van der Waals surface area contributed by atoms with Gasteiger partial charge in [0.15, 0.2) is 11.6 Å². The van der Waals surface area contributed by atoms with E-state index in [9.17, 15) is 9.18 Å². The molecule has 0 aliphatic rings. The van der Waals surface area contributed by atoms with Crippen molar-refractivity contribution in [2.24, 2.45) is 5.73 Å². The van der Waals surface area contributed by atoms with Crippen molar-refractivity contribution in [2.75, 3.05) is 26.1 Å². The van der Waals surface area contributed by atoms with Crippen molar-refractivity contribution in [3.05, 3.63) is 24.0 Å². The van der Waals surface area contributed by atoms with Crippen LogP contribution >= 0.6 is 0 Å². The highest BCUT2D eigenvalue weighted by Gasteiger charge is 2.16. The molecular weight excluding hydrogens is 227 g/mol. The predicted molar refractivity (Wildman–Crippen MR) is 61.4 cm³/mol. The van der Waals surface area contributed by atoms with Crippen LogP contribution in [0.4, 0.5) is 10.1 Å². The molecular formula is C11H15FN2O3. The number of ether oxygens (including phenoxy) is 2. The van der Waals surface area contributed by atoms with Gasteiger partial charge in [-0.1, -0.05) is 0 Å². The fourth-order valence-corrected chi connectivity index (χ4v) is 1.28. The first-order valence-electron chi connectivity index (χ1n) is 4.99. The van der Waals surface area contributed by atoms with Crippen LogP contribution in [0.5, 0.6) is 5.75 Å². The lowest BCUT2D eigenvalue weighted by Gasteiger charge is -2.13. The van der Waals surface area contributed by atoms with Crippen LogP contribution in [0.15, 0.2) is 18.2 Å². The molecule has 0 fully saturated rings. The summed E-state index contributed by atoms with van der Waals surface area (Å²) in [7, 11) is 2.75. The topological polar surface area (TPSA) is 73.6 Å². The van der Waals surface area contributed by atoms with Gasteiger partial charge >= 0.3 is 0 Å². The molecule has 1 rings (SSSR count). The molecule has 1 unspecified atom stereocenters. The maximum Gasteiger partial charge on any atom is 0.254 e. The summed E-state index contributed by atoms with van der Waals surface area (Å²) in [5.74, 6) is -0.850. The van der Waals surface area contributed by atoms with Crippen LogP contribution in [0.25, 0.3) is 0 Å². The molecule has 94 valence electrons. The summed E-state index contributed by atoms with van der Waals surface area (Å²) in [6.45, 7) is 0.0565. The Labute approximate surface area is 98.7 Å². The molecule has 0 aliphatic heterocycles. The summed E-state index contributed by atoms with van der Waals surface area (Å²) in [4.78, 5) is 11.6. The highest BCUT2D eigenvalue weighted by atomic mass is 19.1. The van der Waals surface area contributed by atoms with Gasteiger partial charge in [0.25, 0.3) is 5.91 Å². The van der Waals surface area contributed by atoms with Gasteiger partial charge in [-0.05, 0) is 12.1 Å². The summed E-state index contributed by atoms with van der Waals surface area (Å²) in [6, 6.07) is 4.12. The number of carbonyl (C=O) groups excluding carboxylic acids is 1. The molecule has 0 radical (unpaired) electrons. The van der Waals surface area contributed by atoms with Crippen molar-refractivity contribution in [3.8, 4) is 5.75 Å². The quantitative estimate of drug-likeness (QED) is 0.799. The summed E-state index contributed by atoms with van der Waals surface area (Å²) in [5, 5.41) is 2.50. The summed E-state index contributed by atoms with van der Waals surface area (Å²) >= 11 is 0. The third kappa shape index (κ3) is 3.40. The molecule has 6 heteroatoms. The van der Waals surface area contributed by atoms with Crippen molar-refractivity contribution in [2.45, 2.75) is 6.10 Å². The maximum atomic E-state index is 13.3. The number of hydrogen-bond acceptors (Lipinski definition) is 4. The molecule has 1 atom stereocenters. The monoisotopic (exact) mass is 242 g/mol. The number of methoxy groups -OCH3 is 2. The number of halogens is 1. The SMILES string of the molecule is COc1ccc(NC(=O)C(CN)OC)cc1F. The Balaban J connectivity index is 2.75. The number of hydrogen-bond donors (Lipinski definition) is 2. The standard InChI is InChI=1S/C11H15FN2O3/c1-16-9-4-3-7(5-8(9)12)14-11(15)10(6-13)17-2/h3-5,10H,6,13H2,1-2H3,(H,14,15). The first kappa shape index (κ1) is 13.4. The second kappa shape index (κ2) is 6.17. The third-order valence-electron chi connectivity index (χ3n) is 2.21. The predicted octanol–water partition coefficient (Wildman–Crippen LogP) is 0.746. The van der Waals surface area contributed by atoms with Gasteiger partial charge in [-0.2, -0.15) is 0 Å². The Kier molecular flexibility index (Phi) is 4.86. The molecule has 3 N–H and O–H groups in total. The van der Waals surface area contributed by atoms with Gasteiger partial charge in [-0.15, -0.1) is 0 Å². The zero-order chi connectivity index (χ0) is 12.8. The minimum absolute atomic E-state index is 0.0565. The Morgan fingerprint density at radius 2 is 2.24 bits per heavy atom. The Morgan fingerprint density at radius 1 is 1.53 bits per heavy atom. The zero-order valence-corrected chi connectivity index (χ0v) is 9.70. The van der Waals surface area contributed by atoms with E-state index in [1.54, 1.807) is 0 Å². The van der Waals surface area contributed by atoms with E-state index < -0.39 is 17.8 Å². The molecule has 1 amide bonds. The van der Waals surface area contributed by atoms with Gasteiger partial charge in [0.2, 0.25) is 0 Å². The second-order valence-corrected chi connectivity index (χ2v) is 3.30. The molecule has 5 nitrogen and oxygen atoms in total. The van der Waals surface area contributed by atoms with E-state index >= 15 is 0 Å². The summed E-state index contributed by atoms with van der Waals surface area (Å²) in [6.07, 6.45) is -0.750. The van der Waals surface area contributed by atoms with Crippen LogP contribution in [-0.4, -0.2) is 32.8 Å². The lowest BCUT2D eigenvalue weighted by molar-refractivity contribution is -0.125. The molecule has 0 saturated carbocycles. The summed E-state index contributed by atoms with van der Waals surface area (Å²) in [5.41, 5.74) is 5.66. The van der Waals surface area contributed by atoms with Crippen molar-refractivity contribution < 1.29 is 18.7 Å². The molecule has 0 saturated heterocycles. The fraction of sp³-hybridized carbons (Fsp3) is 0.364. The third-order valence-corrected chi connectivity index (χ3v) is 2.21. The van der Waals surface area contributed by atoms with Crippen molar-refractivity contribution in [1.82, 2.24) is 0 Å². The average molecular weight is 242 g/mol. The van der Waals surface area contributed by atoms with Crippen molar-refractivity contribution >= 4 is 11.6 Å². The number of anilines is 1. The van der Waals surface area contributed by atoms with Gasteiger partial charge in [-0.25, -0.2) is 4.39 Å². The molecule has 0 aliphatic carbocycles. The Morgan fingerprint density at radius 3 is 2.71 bits per heavy atom. The van der Waals surface area contributed by atoms with Gasteiger partial charge < -0.3 is 20.5 Å². The van der Waals surface area contributed by atoms with E-state index in [0.717, 1.165) is 0 Å². The van der Waals surface area contributed by atoms with Crippen molar-refractivity contribution in [1.29, 1.82) is 0 Å². The molecule has 1 aromatic carbocycles. The van der Waals surface area contributed by atoms with Crippen LogP contribution in [-0.2, 0) is 9.53 Å². The first-order chi connectivity index (χ1) is 8.12. The Bertz CT molecular complexity index is 394. The van der Waals surface area contributed by atoms with E-state index in [-0.39, 0.29) is 12.3 Å². The summed E-state index contributed by atoms with van der Waals surface area (Å²) < 4.78 is 22.9. The second-order valence-electron chi connectivity index (χ2n) is 3.30. The number of nitrogens with one attached hydrogen (secondary N) is 1. The smallest absolute Gasteiger partial charge is 0.254 e. The zero-order valence-electron chi connectivity index (χ0n) is 9.70. The highest BCUT2D eigenvalue weighted by Crippen LogP contribution is 2.20. The van der Waals surface area contributed by atoms with Crippen LogP contribution in [0, 0.1) is 5.82 Å². The maximum absolute atomic E-state index is 13.3. The van der Waals surface area contributed by atoms with Crippen LogP contribution < -0.4 is 15.8 Å². The van der Waals surface area contributed by atoms with Gasteiger partial charge in [0.1, 0.15) is 6.10 Å². The molecule has 0 aromatic heterocycles. The largest absolute Gasteiger partial charge is 0.494 e. The number of amides is 1. The average Bonchev–Trinajstić information content (AvgIpc) is 2.31. The number of benzene rings is 1. The number of carbonyl (C=O) groups is 1. The molecule has 0 heterocycles. The Hall–Kier alpha value is -1.66. The van der Waals surface area contributed by atoms with Crippen LogP contribution in [0.2, 0.25) is 0 Å². The van der Waals surface area contributed by atoms with E-state index in [4.69, 9.17) is 15.2 Å². The molecule has 17 heavy (non-hydrogen) atoms. The minimum atomic E-state index is -0.750. The van der Waals surface area contributed by atoms with Gasteiger partial charge in [-0.3, -0.25) is 4.79 Å². The van der Waals surface area contributed by atoms with Crippen molar-refractivity contribution in [3.63, 3.8) is 0 Å². The van der Waals surface area contributed by atoms with Gasteiger partial charge in [0.05, 0.1) is 7.11 Å². The number of nitrogens with two attached hydrogens (primary N) is 1. The molecule has 0 spiro atoms. The lowest BCUT2D eigenvalue weighted by atomic mass is 10.2. The minimum Gasteiger partial charge on any atom is -0.494 e. The molecule has 1 aromatic rings. The van der Waals surface area contributed by atoms with Crippen LogP contribution in [0.1, 0.15) is 0 Å². The normalized spacial score (nSPS) is 12.0. The van der Waals surface area contributed by atoms with Gasteiger partial charge in [0, 0.05) is 25.4 Å². The lowest BCUT2D eigenvalue weighted by Crippen LogP contribution is -2.35.